The lowest BCUT2D eigenvalue weighted by Crippen LogP contribution is -2.51. The molecule has 0 unspecified atom stereocenters. The van der Waals surface area contributed by atoms with Crippen molar-refractivity contribution in [2.75, 3.05) is 13.1 Å². The van der Waals surface area contributed by atoms with Crippen molar-refractivity contribution in [1.29, 1.82) is 0 Å². The second-order valence-corrected chi connectivity index (χ2v) is 9.84. The average Bonchev–Trinajstić information content (AvgIpc) is 3.53. The van der Waals surface area contributed by atoms with Gasteiger partial charge in [-0.05, 0) is 31.2 Å². The number of hydrogen-bond acceptors (Lipinski definition) is 7. The predicted molar refractivity (Wildman–Crippen MR) is 142 cm³/mol. The molecule has 13 heteroatoms. The Balaban J connectivity index is 1.70. The molecule has 0 radical (unpaired) electrons. The van der Waals surface area contributed by atoms with Crippen molar-refractivity contribution in [3.05, 3.63) is 63.9 Å². The third-order valence-electron chi connectivity index (χ3n) is 6.93. The summed E-state index contributed by atoms with van der Waals surface area (Å²) in [6, 6.07) is 8.48. The number of aryl methyl sites for hydroxylation is 1. The van der Waals surface area contributed by atoms with Crippen molar-refractivity contribution in [2.45, 2.75) is 65.1 Å². The molecule has 3 atom stereocenters. The van der Waals surface area contributed by atoms with Crippen LogP contribution in [0.4, 0.5) is 0 Å². The van der Waals surface area contributed by atoms with Gasteiger partial charge in [-0.25, -0.2) is 19.6 Å². The number of benzene rings is 1. The number of aromatic amines is 2. The van der Waals surface area contributed by atoms with E-state index in [1.807, 2.05) is 44.2 Å². The molecule has 39 heavy (non-hydrogen) atoms. The Bertz CT molecular complexity index is 1350. The molecule has 13 nitrogen and oxygen atoms in total. The first-order valence-electron chi connectivity index (χ1n) is 13.2. The van der Waals surface area contributed by atoms with Gasteiger partial charge in [0.15, 0.2) is 0 Å². The molecule has 4 rings (SSSR count). The third kappa shape index (κ3) is 6.98. The molecule has 0 aliphatic carbocycles. The topological polar surface area (TPSA) is 171 Å². The van der Waals surface area contributed by atoms with Crippen LogP contribution in [0, 0.1) is 12.8 Å². The summed E-state index contributed by atoms with van der Waals surface area (Å²) in [5.74, 6) is -0.140. The lowest BCUT2D eigenvalue weighted by atomic mass is 9.97. The van der Waals surface area contributed by atoms with E-state index in [4.69, 9.17) is 0 Å². The number of fused-ring (bicyclic) bond motifs is 1. The minimum Gasteiger partial charge on any atom is -0.344 e. The van der Waals surface area contributed by atoms with Crippen LogP contribution >= 0.6 is 0 Å². The summed E-state index contributed by atoms with van der Waals surface area (Å²) in [4.78, 5) is 59.7. The summed E-state index contributed by atoms with van der Waals surface area (Å²) < 4.78 is 1.71. The van der Waals surface area contributed by atoms with Crippen LogP contribution in [0.3, 0.4) is 0 Å². The first kappa shape index (κ1) is 27.7. The molecule has 0 spiro atoms. The molecular weight excluding hydrogens is 502 g/mol. The first-order valence-corrected chi connectivity index (χ1v) is 13.2. The van der Waals surface area contributed by atoms with Crippen LogP contribution in [0.1, 0.15) is 67.0 Å². The molecule has 2 aromatic heterocycles. The van der Waals surface area contributed by atoms with Gasteiger partial charge in [0.05, 0.1) is 12.6 Å². The number of aromatic nitrogens is 6. The van der Waals surface area contributed by atoms with E-state index in [-0.39, 0.29) is 43.1 Å². The maximum absolute atomic E-state index is 13.6. The second-order valence-electron chi connectivity index (χ2n) is 9.84. The minimum atomic E-state index is -0.729. The Labute approximate surface area is 225 Å². The summed E-state index contributed by atoms with van der Waals surface area (Å²) in [6.07, 6.45) is 1.65. The van der Waals surface area contributed by atoms with Crippen molar-refractivity contribution >= 4 is 17.7 Å². The highest BCUT2D eigenvalue weighted by Crippen LogP contribution is 2.20. The quantitative estimate of drug-likeness (QED) is 0.374. The summed E-state index contributed by atoms with van der Waals surface area (Å²) in [6.45, 7) is 6.44. The highest BCUT2D eigenvalue weighted by atomic mass is 16.2. The summed E-state index contributed by atoms with van der Waals surface area (Å²) in [7, 11) is 0. The maximum Gasteiger partial charge on any atom is 0.341 e. The zero-order valence-corrected chi connectivity index (χ0v) is 22.4. The Morgan fingerprint density at radius 2 is 1.87 bits per heavy atom. The molecule has 1 aromatic carbocycles. The van der Waals surface area contributed by atoms with Crippen molar-refractivity contribution in [3.63, 3.8) is 0 Å². The van der Waals surface area contributed by atoms with E-state index >= 15 is 0 Å². The zero-order chi connectivity index (χ0) is 27.9. The van der Waals surface area contributed by atoms with E-state index in [0.717, 1.165) is 5.56 Å². The second kappa shape index (κ2) is 12.5. The average molecular weight is 538 g/mol. The van der Waals surface area contributed by atoms with Gasteiger partial charge in [0, 0.05) is 19.5 Å². The largest absolute Gasteiger partial charge is 0.344 e. The van der Waals surface area contributed by atoms with Crippen LogP contribution < -0.4 is 16.3 Å². The monoisotopic (exact) mass is 537 g/mol. The number of H-pyrrole nitrogens is 2. The Hall–Kier alpha value is -4.29. The Kier molecular flexibility index (Phi) is 8.89. The first-order chi connectivity index (χ1) is 18.7. The number of hydrogen-bond donors (Lipinski definition) is 4. The fourth-order valence-corrected chi connectivity index (χ4v) is 4.64. The molecule has 3 amide bonds. The van der Waals surface area contributed by atoms with Gasteiger partial charge in [0.1, 0.15) is 17.7 Å². The van der Waals surface area contributed by atoms with Gasteiger partial charge in [-0.2, -0.15) is 5.10 Å². The van der Waals surface area contributed by atoms with Crippen LogP contribution in [-0.2, 0) is 22.6 Å². The minimum absolute atomic E-state index is 0.103. The fourth-order valence-electron chi connectivity index (χ4n) is 4.64. The van der Waals surface area contributed by atoms with E-state index in [1.165, 1.54) is 4.90 Å². The van der Waals surface area contributed by atoms with Gasteiger partial charge < -0.3 is 15.5 Å². The van der Waals surface area contributed by atoms with E-state index in [9.17, 15) is 19.2 Å². The van der Waals surface area contributed by atoms with Crippen molar-refractivity contribution < 1.29 is 14.4 Å². The van der Waals surface area contributed by atoms with E-state index in [0.29, 0.717) is 37.5 Å². The molecule has 3 aromatic rings. The number of carbonyl (C=O) groups excluding carboxylic acids is 3. The van der Waals surface area contributed by atoms with Crippen LogP contribution in [-0.4, -0.2) is 71.7 Å². The molecule has 208 valence electrons. The van der Waals surface area contributed by atoms with Crippen LogP contribution in [0.25, 0.3) is 0 Å². The highest BCUT2D eigenvalue weighted by Gasteiger charge is 2.31. The predicted octanol–water partition coefficient (Wildman–Crippen LogP) is 0.865. The molecule has 4 N–H and O–H groups in total. The molecule has 0 saturated carbocycles. The third-order valence-corrected chi connectivity index (χ3v) is 6.93. The van der Waals surface area contributed by atoms with Gasteiger partial charge in [0.25, 0.3) is 5.91 Å². The van der Waals surface area contributed by atoms with Crippen LogP contribution in [0.5, 0.6) is 0 Å². The molecule has 0 bridgehead atoms. The van der Waals surface area contributed by atoms with Crippen molar-refractivity contribution in [3.8, 4) is 0 Å². The number of rotatable bonds is 5. The van der Waals surface area contributed by atoms with Gasteiger partial charge in [-0.1, -0.05) is 50.6 Å². The summed E-state index contributed by atoms with van der Waals surface area (Å²) >= 11 is 0. The molecular formula is C26H35N9O4. The van der Waals surface area contributed by atoms with Gasteiger partial charge >= 0.3 is 5.69 Å². The normalized spacial score (nSPS) is 19.9. The van der Waals surface area contributed by atoms with E-state index in [2.05, 4.69) is 35.9 Å². The maximum atomic E-state index is 13.6. The fraction of sp³-hybridized carbons (Fsp3) is 0.500. The highest BCUT2D eigenvalue weighted by molar-refractivity contribution is 5.90. The van der Waals surface area contributed by atoms with Gasteiger partial charge in [-0.15, -0.1) is 5.10 Å². The molecule has 0 saturated heterocycles. The lowest BCUT2D eigenvalue weighted by molar-refractivity contribution is -0.130. The van der Waals surface area contributed by atoms with Crippen LogP contribution in [0.15, 0.2) is 35.1 Å². The number of amides is 3. The van der Waals surface area contributed by atoms with E-state index in [1.54, 1.807) is 11.6 Å². The SMILES string of the molecule is CC[C@H](C)[C@@H]1NC(=O)CCCN(C(=O)c2n[nH]c(=O)[nH]2)CCn2nc(C)nc2[C@H](Cc2ccccc2)NC1=O. The summed E-state index contributed by atoms with van der Waals surface area (Å²) in [5, 5.41) is 16.6. The lowest BCUT2D eigenvalue weighted by Gasteiger charge is -2.28. The zero-order valence-electron chi connectivity index (χ0n) is 22.4. The van der Waals surface area contributed by atoms with Gasteiger partial charge in [0.2, 0.25) is 17.6 Å². The smallest absolute Gasteiger partial charge is 0.341 e. The summed E-state index contributed by atoms with van der Waals surface area (Å²) in [5.41, 5.74) is 0.420. The van der Waals surface area contributed by atoms with Crippen molar-refractivity contribution in [1.82, 2.24) is 45.5 Å². The molecule has 3 heterocycles. The van der Waals surface area contributed by atoms with Gasteiger partial charge in [-0.3, -0.25) is 19.4 Å². The number of nitrogens with one attached hydrogen (secondary N) is 4. The van der Waals surface area contributed by atoms with Crippen molar-refractivity contribution in [2.24, 2.45) is 5.92 Å². The van der Waals surface area contributed by atoms with E-state index < -0.39 is 23.7 Å². The number of carbonyl (C=O) groups is 3. The molecule has 0 fully saturated rings. The Morgan fingerprint density at radius 3 is 2.56 bits per heavy atom. The Morgan fingerprint density at radius 1 is 1.10 bits per heavy atom. The van der Waals surface area contributed by atoms with Crippen LogP contribution in [0.2, 0.25) is 0 Å². The number of nitrogens with zero attached hydrogens (tertiary/aromatic N) is 5. The standard InChI is InChI=1S/C26H35N9O4/c1-4-16(2)21-24(37)28-19(15-18-9-6-5-7-10-18)23-27-17(3)33-35(23)14-13-34(12-8-11-20(36)29-21)25(38)22-30-26(39)32-31-22/h5-7,9-10,16,19,21H,4,8,11-15H2,1-3H3,(H,28,37)(H,29,36)(H2,30,31,32,39)/t16-,19-,21-/m0/s1. The molecule has 1 aliphatic rings. The molecule has 1 aliphatic heterocycles.